The van der Waals surface area contributed by atoms with Crippen LogP contribution in [0.15, 0.2) is 12.8 Å². The van der Waals surface area contributed by atoms with Crippen molar-refractivity contribution in [3.8, 4) is 0 Å². The Morgan fingerprint density at radius 2 is 2.22 bits per heavy atom. The minimum absolute atomic E-state index is 0.315. The average Bonchev–Trinajstić information content (AvgIpc) is 1.65. The lowest BCUT2D eigenvalue weighted by Crippen LogP contribution is -2.19. The van der Waals surface area contributed by atoms with E-state index in [1.54, 1.807) is 6.92 Å². The van der Waals surface area contributed by atoms with Crippen LogP contribution in [0.3, 0.4) is 0 Å². The molecule has 0 aromatic heterocycles. The van der Waals surface area contributed by atoms with Gasteiger partial charge in [0.2, 0.25) is 0 Å². The number of halogens is 1. The number of nitrogens with zero attached hydrogens (tertiary/aromatic N) is 1. The zero-order chi connectivity index (χ0) is 7.49. The Morgan fingerprint density at radius 3 is 2.22 bits per heavy atom. The minimum Gasteiger partial charge on any atom is -0.265 e. The van der Waals surface area contributed by atoms with Crippen LogP contribution in [0.1, 0.15) is 6.92 Å². The van der Waals surface area contributed by atoms with Gasteiger partial charge in [-0.25, -0.2) is 0 Å². The molecule has 0 amide bonds. The molecule has 0 aliphatic carbocycles. The summed E-state index contributed by atoms with van der Waals surface area (Å²) in [6.07, 6.45) is 1.17. The molecule has 0 bridgehead atoms. The van der Waals surface area contributed by atoms with Crippen molar-refractivity contribution in [3.05, 3.63) is 12.8 Å². The lowest BCUT2D eigenvalue weighted by Gasteiger charge is -2.10. The summed E-state index contributed by atoms with van der Waals surface area (Å²) in [4.78, 5) is 0. The van der Waals surface area contributed by atoms with Crippen molar-refractivity contribution in [2.24, 2.45) is 0 Å². The molecule has 0 aliphatic rings. The Hall–Kier alpha value is -0.220. The molecule has 3 nitrogen and oxygen atoms in total. The summed E-state index contributed by atoms with van der Waals surface area (Å²) in [5.41, 5.74) is 0. The van der Waals surface area contributed by atoms with E-state index in [2.05, 4.69) is 6.58 Å². The first-order valence-electron chi connectivity index (χ1n) is 2.36. The molecule has 0 aromatic rings. The predicted octanol–water partition coefficient (Wildman–Crippen LogP) is 0.935. The Bertz CT molecular complexity index is 187. The lowest BCUT2D eigenvalue weighted by molar-refractivity contribution is 0.528. The van der Waals surface area contributed by atoms with Gasteiger partial charge in [-0.15, -0.1) is 0 Å². The fourth-order valence-electron chi connectivity index (χ4n) is 0.372. The van der Waals surface area contributed by atoms with Crippen LogP contribution in [0, 0.1) is 0 Å². The highest BCUT2D eigenvalue weighted by molar-refractivity contribution is 8.11. The second kappa shape index (κ2) is 3.08. The summed E-state index contributed by atoms with van der Waals surface area (Å²) in [5.74, 6) is 0. The predicted molar refractivity (Wildman–Crippen MR) is 37.3 cm³/mol. The van der Waals surface area contributed by atoms with E-state index in [4.69, 9.17) is 10.7 Å². The van der Waals surface area contributed by atoms with Crippen LogP contribution in [0.4, 0.5) is 0 Å². The van der Waals surface area contributed by atoms with Crippen molar-refractivity contribution in [2.75, 3.05) is 6.54 Å². The highest BCUT2D eigenvalue weighted by Crippen LogP contribution is 2.04. The molecule has 54 valence electrons. The molecule has 0 N–H and O–H groups in total. The molecule has 0 radical (unpaired) electrons. The van der Waals surface area contributed by atoms with Gasteiger partial charge in [-0.2, -0.15) is 8.42 Å². The minimum atomic E-state index is -3.58. The standard InChI is InChI=1S/C4H8ClNO2S/c1-3-6(4-2)9(5,7)8/h3H,1,4H2,2H3. The molecule has 0 rings (SSSR count). The monoisotopic (exact) mass is 169 g/mol. The second-order valence-corrected chi connectivity index (χ2v) is 3.79. The summed E-state index contributed by atoms with van der Waals surface area (Å²) >= 11 is 0. The van der Waals surface area contributed by atoms with Crippen molar-refractivity contribution in [3.63, 3.8) is 0 Å². The Kier molecular flexibility index (Phi) is 3.00. The topological polar surface area (TPSA) is 37.4 Å². The van der Waals surface area contributed by atoms with E-state index in [0.29, 0.717) is 6.54 Å². The van der Waals surface area contributed by atoms with Crippen LogP contribution in [0.5, 0.6) is 0 Å². The zero-order valence-corrected chi connectivity index (χ0v) is 6.61. The van der Waals surface area contributed by atoms with Crippen molar-refractivity contribution in [2.45, 2.75) is 6.92 Å². The van der Waals surface area contributed by atoms with E-state index in [-0.39, 0.29) is 0 Å². The summed E-state index contributed by atoms with van der Waals surface area (Å²) in [6.45, 7) is 5.24. The van der Waals surface area contributed by atoms with Gasteiger partial charge in [0.1, 0.15) is 0 Å². The van der Waals surface area contributed by atoms with Gasteiger partial charge in [0.25, 0.3) is 0 Å². The van der Waals surface area contributed by atoms with Crippen molar-refractivity contribution in [1.82, 2.24) is 4.31 Å². The van der Waals surface area contributed by atoms with Gasteiger partial charge in [0.05, 0.1) is 0 Å². The molecule has 0 atom stereocenters. The highest BCUT2D eigenvalue weighted by Gasteiger charge is 2.09. The third kappa shape index (κ3) is 2.72. The summed E-state index contributed by atoms with van der Waals surface area (Å²) in [5, 5.41) is 0. The summed E-state index contributed by atoms with van der Waals surface area (Å²) in [6, 6.07) is 0. The van der Waals surface area contributed by atoms with Crippen LogP contribution < -0.4 is 0 Å². The first-order chi connectivity index (χ1) is 4.02. The van der Waals surface area contributed by atoms with Crippen molar-refractivity contribution >= 4 is 19.9 Å². The van der Waals surface area contributed by atoms with Crippen LogP contribution in [-0.2, 0) is 9.24 Å². The number of rotatable bonds is 3. The molecular formula is C4H8ClNO2S. The zero-order valence-electron chi connectivity index (χ0n) is 5.04. The van der Waals surface area contributed by atoms with Gasteiger partial charge in [0.15, 0.2) is 0 Å². The Balaban J connectivity index is 4.32. The molecular weight excluding hydrogens is 162 g/mol. The fourth-order valence-corrected chi connectivity index (χ4v) is 1.32. The maximum absolute atomic E-state index is 10.4. The second-order valence-electron chi connectivity index (χ2n) is 1.33. The van der Waals surface area contributed by atoms with Crippen LogP contribution >= 0.6 is 10.7 Å². The normalized spacial score (nSPS) is 10.9. The van der Waals surface area contributed by atoms with Crippen LogP contribution in [0.25, 0.3) is 0 Å². The van der Waals surface area contributed by atoms with Gasteiger partial charge in [-0.05, 0) is 6.92 Å². The molecule has 0 saturated heterocycles. The third-order valence-corrected chi connectivity index (χ3v) is 2.29. The maximum atomic E-state index is 10.4. The Morgan fingerprint density at radius 1 is 1.78 bits per heavy atom. The SMILES string of the molecule is C=CN(CC)S(=O)(=O)Cl. The molecule has 0 spiro atoms. The summed E-state index contributed by atoms with van der Waals surface area (Å²) in [7, 11) is 1.35. The fraction of sp³-hybridized carbons (Fsp3) is 0.500. The van der Waals surface area contributed by atoms with Gasteiger partial charge in [-0.1, -0.05) is 6.58 Å². The van der Waals surface area contributed by atoms with Gasteiger partial charge in [-0.3, -0.25) is 4.31 Å². The van der Waals surface area contributed by atoms with E-state index in [0.717, 1.165) is 4.31 Å². The number of hydrogen-bond donors (Lipinski definition) is 0. The molecule has 0 saturated carbocycles. The Labute approximate surface area is 59.5 Å². The van der Waals surface area contributed by atoms with E-state index >= 15 is 0 Å². The maximum Gasteiger partial charge on any atom is 0.321 e. The molecule has 0 heterocycles. The van der Waals surface area contributed by atoms with Gasteiger partial charge < -0.3 is 0 Å². The van der Waals surface area contributed by atoms with Gasteiger partial charge in [0, 0.05) is 23.4 Å². The molecule has 0 unspecified atom stereocenters. The van der Waals surface area contributed by atoms with E-state index in [1.165, 1.54) is 6.20 Å². The molecule has 9 heavy (non-hydrogen) atoms. The van der Waals surface area contributed by atoms with E-state index in [1.807, 2.05) is 0 Å². The first-order valence-corrected chi connectivity index (χ1v) is 4.63. The first kappa shape index (κ1) is 8.78. The third-order valence-electron chi connectivity index (χ3n) is 0.795. The largest absolute Gasteiger partial charge is 0.321 e. The van der Waals surface area contributed by atoms with Crippen LogP contribution in [-0.4, -0.2) is 19.3 Å². The van der Waals surface area contributed by atoms with E-state index < -0.39 is 9.24 Å². The molecule has 0 aromatic carbocycles. The molecule has 5 heteroatoms. The summed E-state index contributed by atoms with van der Waals surface area (Å²) < 4.78 is 21.8. The van der Waals surface area contributed by atoms with Crippen molar-refractivity contribution in [1.29, 1.82) is 0 Å². The highest BCUT2D eigenvalue weighted by atomic mass is 35.7. The lowest BCUT2D eigenvalue weighted by atomic mass is 10.7. The van der Waals surface area contributed by atoms with Crippen LogP contribution in [0.2, 0.25) is 0 Å². The molecule has 0 aliphatic heterocycles. The average molecular weight is 170 g/mol. The smallest absolute Gasteiger partial charge is 0.265 e. The van der Waals surface area contributed by atoms with Gasteiger partial charge >= 0.3 is 9.24 Å². The number of hydrogen-bond acceptors (Lipinski definition) is 2. The quantitative estimate of drug-likeness (QED) is 0.590. The molecule has 0 fully saturated rings. The van der Waals surface area contributed by atoms with E-state index in [9.17, 15) is 8.42 Å². The van der Waals surface area contributed by atoms with Crippen molar-refractivity contribution < 1.29 is 8.42 Å².